The third kappa shape index (κ3) is 3.46. The van der Waals surface area contributed by atoms with Crippen LogP contribution in [0, 0.1) is 0 Å². The third-order valence-corrected chi connectivity index (χ3v) is 13.1. The van der Waals surface area contributed by atoms with E-state index < -0.39 is 10.8 Å². The summed E-state index contributed by atoms with van der Waals surface area (Å²) < 4.78 is 7.02. The molecule has 55 heavy (non-hydrogen) atoms. The van der Waals surface area contributed by atoms with Gasteiger partial charge in [-0.2, -0.15) is 0 Å². The highest BCUT2D eigenvalue weighted by molar-refractivity contribution is 5.99. The van der Waals surface area contributed by atoms with Crippen LogP contribution in [0.25, 0.3) is 55.3 Å². The quantitative estimate of drug-likeness (QED) is 0.166. The van der Waals surface area contributed by atoms with Gasteiger partial charge in [-0.25, -0.2) is 0 Å². The summed E-state index contributed by atoms with van der Waals surface area (Å²) in [5, 5.41) is 2.39. The Morgan fingerprint density at radius 2 is 0.691 bits per heavy atom. The average molecular weight is 697 g/mol. The number of fused-ring (bicyclic) bond motifs is 20. The average Bonchev–Trinajstić information content (AvgIpc) is 3.84. The van der Waals surface area contributed by atoms with Crippen LogP contribution in [0.15, 0.2) is 194 Å². The van der Waals surface area contributed by atoms with Gasteiger partial charge in [-0.1, -0.05) is 170 Å². The summed E-state index contributed by atoms with van der Waals surface area (Å²) in [4.78, 5) is 0. The molecule has 0 amide bonds. The molecule has 0 radical (unpaired) electrons. The molecule has 9 aromatic rings. The highest BCUT2D eigenvalue weighted by Gasteiger charge is 2.54. The first-order chi connectivity index (χ1) is 27.3. The second-order valence-electron chi connectivity index (χ2n) is 15.5. The van der Waals surface area contributed by atoms with Crippen molar-refractivity contribution in [1.29, 1.82) is 0 Å². The van der Waals surface area contributed by atoms with Gasteiger partial charge in [0, 0.05) is 11.1 Å². The molecule has 0 saturated carbocycles. The number of rotatable bonds is 1. The van der Waals surface area contributed by atoms with E-state index in [1.54, 1.807) is 0 Å². The third-order valence-electron chi connectivity index (χ3n) is 13.1. The number of hydrogen-bond donors (Lipinski definition) is 0. The van der Waals surface area contributed by atoms with Crippen LogP contribution in [0.5, 0.6) is 11.5 Å². The lowest BCUT2D eigenvalue weighted by atomic mass is 9.65. The molecule has 1 heteroatoms. The van der Waals surface area contributed by atoms with Crippen molar-refractivity contribution in [2.24, 2.45) is 0 Å². The Morgan fingerprint density at radius 1 is 0.273 bits per heavy atom. The summed E-state index contributed by atoms with van der Waals surface area (Å²) in [5.74, 6) is 1.82. The maximum atomic E-state index is 7.02. The van der Waals surface area contributed by atoms with Crippen LogP contribution in [0.1, 0.15) is 44.5 Å². The summed E-state index contributed by atoms with van der Waals surface area (Å²) in [6, 6.07) is 72.5. The lowest BCUT2D eigenvalue weighted by Gasteiger charge is -2.40. The normalized spacial score (nSPS) is 15.0. The van der Waals surface area contributed by atoms with E-state index in [0.717, 1.165) is 11.5 Å². The van der Waals surface area contributed by atoms with Gasteiger partial charge in [-0.3, -0.25) is 0 Å². The Bertz CT molecular complexity index is 3040. The minimum absolute atomic E-state index is 0.447. The van der Waals surface area contributed by atoms with Crippen LogP contribution in [0.2, 0.25) is 0 Å². The fourth-order valence-corrected chi connectivity index (χ4v) is 11.2. The molecule has 254 valence electrons. The Kier molecular flexibility index (Phi) is 5.56. The van der Waals surface area contributed by atoms with Gasteiger partial charge in [-0.05, 0) is 113 Å². The van der Waals surface area contributed by atoms with Gasteiger partial charge in [0.2, 0.25) is 0 Å². The lowest BCUT2D eigenvalue weighted by Crippen LogP contribution is -2.32. The first-order valence-corrected chi connectivity index (χ1v) is 19.3. The summed E-state index contributed by atoms with van der Waals surface area (Å²) in [5.41, 5.74) is 19.6. The highest BCUT2D eigenvalue weighted by Crippen LogP contribution is 2.66. The zero-order chi connectivity index (χ0) is 35.9. The van der Waals surface area contributed by atoms with E-state index in [1.807, 2.05) is 0 Å². The second kappa shape index (κ2) is 10.4. The fourth-order valence-electron chi connectivity index (χ4n) is 11.2. The Labute approximate surface area is 319 Å². The zero-order valence-corrected chi connectivity index (χ0v) is 29.9. The molecule has 0 atom stereocenters. The van der Waals surface area contributed by atoms with Gasteiger partial charge in [0.15, 0.2) is 0 Å². The molecule has 1 heterocycles. The van der Waals surface area contributed by atoms with Gasteiger partial charge in [0.25, 0.3) is 0 Å². The van der Waals surface area contributed by atoms with Crippen LogP contribution in [-0.2, 0) is 10.8 Å². The molecule has 0 unspecified atom stereocenters. The number of hydrogen-bond acceptors (Lipinski definition) is 1. The van der Waals surface area contributed by atoms with E-state index in [-0.39, 0.29) is 0 Å². The molecule has 1 nitrogen and oxygen atoms in total. The first-order valence-electron chi connectivity index (χ1n) is 19.3. The van der Waals surface area contributed by atoms with E-state index in [0.29, 0.717) is 0 Å². The Hall–Kier alpha value is -6.96. The summed E-state index contributed by atoms with van der Waals surface area (Å²) in [7, 11) is 0. The van der Waals surface area contributed by atoms with Crippen LogP contribution in [0.4, 0.5) is 0 Å². The standard InChI is InChI=1S/C54H32O/c1-2-15-34-32-51-49(30-33(34)14-1)53(43-23-8-3-16-37(43)38-17-4-9-24-44(38)53)48-31-35(28-29-50(48)55-51)36-21-13-22-42-41-20-7-12-27-47(41)54(52(36)42)45-25-10-5-18-39(45)40-19-6-11-26-46(40)54/h1-32H. The van der Waals surface area contributed by atoms with Crippen LogP contribution in [0.3, 0.4) is 0 Å². The van der Waals surface area contributed by atoms with E-state index in [2.05, 4.69) is 194 Å². The van der Waals surface area contributed by atoms with E-state index >= 15 is 0 Å². The van der Waals surface area contributed by atoms with Crippen molar-refractivity contribution in [3.63, 3.8) is 0 Å². The smallest absolute Gasteiger partial charge is 0.132 e. The molecule has 13 rings (SSSR count). The minimum atomic E-state index is -0.568. The first kappa shape index (κ1) is 29.5. The van der Waals surface area contributed by atoms with Crippen molar-refractivity contribution in [1.82, 2.24) is 0 Å². The van der Waals surface area contributed by atoms with Crippen molar-refractivity contribution in [3.05, 3.63) is 239 Å². The van der Waals surface area contributed by atoms with Crippen LogP contribution < -0.4 is 4.74 Å². The molecule has 0 N–H and O–H groups in total. The molecular formula is C54H32O. The maximum absolute atomic E-state index is 7.02. The zero-order valence-electron chi connectivity index (χ0n) is 29.9. The van der Waals surface area contributed by atoms with E-state index in [9.17, 15) is 0 Å². The Morgan fingerprint density at radius 3 is 1.25 bits per heavy atom. The van der Waals surface area contributed by atoms with Gasteiger partial charge in [0.05, 0.1) is 10.8 Å². The van der Waals surface area contributed by atoms with E-state index in [1.165, 1.54) is 99.8 Å². The van der Waals surface area contributed by atoms with Crippen LogP contribution in [-0.4, -0.2) is 0 Å². The molecule has 0 aromatic heterocycles. The van der Waals surface area contributed by atoms with Crippen molar-refractivity contribution >= 4 is 10.8 Å². The lowest BCUT2D eigenvalue weighted by molar-refractivity contribution is 0.437. The molecule has 0 saturated heterocycles. The van der Waals surface area contributed by atoms with Gasteiger partial charge < -0.3 is 4.74 Å². The van der Waals surface area contributed by atoms with Crippen molar-refractivity contribution < 1.29 is 4.74 Å². The largest absolute Gasteiger partial charge is 0.457 e. The minimum Gasteiger partial charge on any atom is -0.457 e. The number of benzene rings is 9. The van der Waals surface area contributed by atoms with Gasteiger partial charge in [0.1, 0.15) is 11.5 Å². The predicted molar refractivity (Wildman–Crippen MR) is 223 cm³/mol. The van der Waals surface area contributed by atoms with Gasteiger partial charge in [-0.15, -0.1) is 0 Å². The van der Waals surface area contributed by atoms with Crippen molar-refractivity contribution in [3.8, 4) is 56.0 Å². The second-order valence-corrected chi connectivity index (χ2v) is 15.5. The predicted octanol–water partition coefficient (Wildman–Crippen LogP) is 13.3. The molecule has 0 bridgehead atoms. The molecule has 4 aliphatic rings. The summed E-state index contributed by atoms with van der Waals surface area (Å²) in [6.07, 6.45) is 0. The molecule has 0 fully saturated rings. The topological polar surface area (TPSA) is 9.23 Å². The van der Waals surface area contributed by atoms with E-state index in [4.69, 9.17) is 4.74 Å². The summed E-state index contributed by atoms with van der Waals surface area (Å²) in [6.45, 7) is 0. The molecule has 9 aromatic carbocycles. The molecule has 2 spiro atoms. The monoisotopic (exact) mass is 696 g/mol. The Balaban J connectivity index is 1.14. The molecular weight excluding hydrogens is 665 g/mol. The van der Waals surface area contributed by atoms with Crippen molar-refractivity contribution in [2.45, 2.75) is 10.8 Å². The molecule has 3 aliphatic carbocycles. The number of ether oxygens (including phenoxy) is 1. The van der Waals surface area contributed by atoms with Crippen LogP contribution >= 0.6 is 0 Å². The van der Waals surface area contributed by atoms with Crippen molar-refractivity contribution in [2.75, 3.05) is 0 Å². The van der Waals surface area contributed by atoms with Gasteiger partial charge >= 0.3 is 0 Å². The molecule has 1 aliphatic heterocycles. The fraction of sp³-hybridized carbons (Fsp3) is 0.0370. The highest BCUT2D eigenvalue weighted by atomic mass is 16.5. The SMILES string of the molecule is c1ccc2c(c1)-c1ccccc1C21c2cc(-c3cccc4c3C3(c5ccccc5-c5ccccc53)c3ccccc3-4)ccc2Oc2cc3ccccc3cc21. The maximum Gasteiger partial charge on any atom is 0.132 e. The summed E-state index contributed by atoms with van der Waals surface area (Å²) >= 11 is 0.